The van der Waals surface area contributed by atoms with Gasteiger partial charge in [0.05, 0.1) is 5.92 Å². The molecule has 0 saturated heterocycles. The van der Waals surface area contributed by atoms with Crippen molar-refractivity contribution in [2.24, 2.45) is 17.3 Å². The molecule has 1 aliphatic rings. The van der Waals surface area contributed by atoms with Gasteiger partial charge in [-0.15, -0.1) is 0 Å². The molecule has 0 unspecified atom stereocenters. The van der Waals surface area contributed by atoms with Crippen molar-refractivity contribution < 1.29 is 9.90 Å². The Labute approximate surface area is 54.9 Å². The Bertz CT molecular complexity index is 149. The van der Waals surface area contributed by atoms with Crippen LogP contribution < -0.4 is 0 Å². The summed E-state index contributed by atoms with van der Waals surface area (Å²) in [7, 11) is 0. The van der Waals surface area contributed by atoms with Crippen molar-refractivity contribution in [1.82, 2.24) is 0 Å². The van der Waals surface area contributed by atoms with Gasteiger partial charge in [0.25, 0.3) is 0 Å². The van der Waals surface area contributed by atoms with E-state index in [9.17, 15) is 4.79 Å². The van der Waals surface area contributed by atoms with Crippen LogP contribution in [-0.4, -0.2) is 11.1 Å². The summed E-state index contributed by atoms with van der Waals surface area (Å²) >= 11 is 0. The third-order valence-electron chi connectivity index (χ3n) is 2.63. The lowest BCUT2D eigenvalue weighted by atomic mass is 10.1. The van der Waals surface area contributed by atoms with E-state index >= 15 is 0 Å². The molecule has 0 radical (unpaired) electrons. The zero-order valence-electron chi connectivity index (χ0n) is 6.01. The summed E-state index contributed by atoms with van der Waals surface area (Å²) in [6.45, 7) is 5.98. The van der Waals surface area contributed by atoms with Crippen molar-refractivity contribution in [2.45, 2.75) is 20.8 Å². The molecule has 1 aliphatic carbocycles. The van der Waals surface area contributed by atoms with E-state index in [0.29, 0.717) is 5.92 Å². The fourth-order valence-corrected chi connectivity index (χ4v) is 1.43. The van der Waals surface area contributed by atoms with Crippen molar-refractivity contribution in [3.05, 3.63) is 0 Å². The molecule has 1 N–H and O–H groups in total. The first-order valence-electron chi connectivity index (χ1n) is 3.20. The van der Waals surface area contributed by atoms with E-state index < -0.39 is 5.97 Å². The van der Waals surface area contributed by atoms with Gasteiger partial charge in [-0.05, 0) is 11.3 Å². The fraction of sp³-hybridized carbons (Fsp3) is 0.857. The number of hydrogen-bond donors (Lipinski definition) is 1. The highest BCUT2D eigenvalue weighted by Crippen LogP contribution is 2.57. The highest BCUT2D eigenvalue weighted by atomic mass is 16.4. The molecule has 52 valence electrons. The summed E-state index contributed by atoms with van der Waals surface area (Å²) in [5, 5.41) is 8.56. The summed E-state index contributed by atoms with van der Waals surface area (Å²) in [6.07, 6.45) is 0. The predicted octanol–water partition coefficient (Wildman–Crippen LogP) is 1.36. The molecule has 9 heavy (non-hydrogen) atoms. The third-order valence-corrected chi connectivity index (χ3v) is 2.63. The molecule has 0 amide bonds. The zero-order valence-corrected chi connectivity index (χ0v) is 6.01. The van der Waals surface area contributed by atoms with E-state index in [0.717, 1.165) is 0 Å². The molecule has 2 heteroatoms. The Kier molecular flexibility index (Phi) is 1.09. The highest BCUT2D eigenvalue weighted by Gasteiger charge is 2.59. The van der Waals surface area contributed by atoms with E-state index in [1.54, 1.807) is 0 Å². The highest BCUT2D eigenvalue weighted by molar-refractivity contribution is 5.75. The lowest BCUT2D eigenvalue weighted by molar-refractivity contribution is -0.139. The van der Waals surface area contributed by atoms with Crippen LogP contribution in [0.4, 0.5) is 0 Å². The van der Waals surface area contributed by atoms with Crippen LogP contribution in [0.25, 0.3) is 0 Å². The maximum atomic E-state index is 10.4. The second-order valence-corrected chi connectivity index (χ2v) is 3.43. The van der Waals surface area contributed by atoms with Crippen LogP contribution in [0.3, 0.4) is 0 Å². The summed E-state index contributed by atoms with van der Waals surface area (Å²) in [5.41, 5.74) is 0.0475. The summed E-state index contributed by atoms with van der Waals surface area (Å²) in [6, 6.07) is 0. The SMILES string of the molecule is C[C@@H]1[C@@H](C(=O)O)C1(C)C. The predicted molar refractivity (Wildman–Crippen MR) is 34.1 cm³/mol. The molecule has 2 nitrogen and oxygen atoms in total. The van der Waals surface area contributed by atoms with Crippen LogP contribution in [0.2, 0.25) is 0 Å². The van der Waals surface area contributed by atoms with Crippen molar-refractivity contribution >= 4 is 5.97 Å². The minimum absolute atomic E-state index is 0.0475. The third kappa shape index (κ3) is 0.732. The fourth-order valence-electron chi connectivity index (χ4n) is 1.43. The van der Waals surface area contributed by atoms with Gasteiger partial charge in [0.1, 0.15) is 0 Å². The van der Waals surface area contributed by atoms with E-state index in [1.807, 2.05) is 20.8 Å². The average Bonchev–Trinajstić information content (AvgIpc) is 2.07. The van der Waals surface area contributed by atoms with Crippen molar-refractivity contribution in [2.75, 3.05) is 0 Å². The molecule has 1 rings (SSSR count). The molecular weight excluding hydrogens is 116 g/mol. The van der Waals surface area contributed by atoms with E-state index in [2.05, 4.69) is 0 Å². The van der Waals surface area contributed by atoms with E-state index in [-0.39, 0.29) is 11.3 Å². The number of carboxylic acid groups (broad SMARTS) is 1. The van der Waals surface area contributed by atoms with Gasteiger partial charge in [-0.1, -0.05) is 20.8 Å². The molecule has 0 aromatic heterocycles. The minimum atomic E-state index is -0.646. The van der Waals surface area contributed by atoms with Gasteiger partial charge < -0.3 is 5.11 Å². The van der Waals surface area contributed by atoms with Gasteiger partial charge in [0.15, 0.2) is 0 Å². The quantitative estimate of drug-likeness (QED) is 0.579. The summed E-state index contributed by atoms with van der Waals surface area (Å²) in [5.74, 6) is -0.389. The molecule has 0 spiro atoms. The Balaban J connectivity index is 2.62. The molecule has 1 saturated carbocycles. The van der Waals surface area contributed by atoms with E-state index in [4.69, 9.17) is 5.11 Å². The number of hydrogen-bond acceptors (Lipinski definition) is 1. The standard InChI is InChI=1S/C7H12O2/c1-4-5(6(8)9)7(4,2)3/h4-5H,1-3H3,(H,8,9)/t4-,5+/m1/s1. The Morgan fingerprint density at radius 1 is 1.56 bits per heavy atom. The Morgan fingerprint density at radius 2 is 1.89 bits per heavy atom. The normalized spacial score (nSPS) is 38.1. The number of aliphatic carboxylic acids is 1. The first kappa shape index (κ1) is 6.59. The smallest absolute Gasteiger partial charge is 0.307 e. The largest absolute Gasteiger partial charge is 0.481 e. The van der Waals surface area contributed by atoms with Gasteiger partial charge in [0, 0.05) is 0 Å². The maximum Gasteiger partial charge on any atom is 0.307 e. The summed E-state index contributed by atoms with van der Waals surface area (Å²) < 4.78 is 0. The molecule has 0 aliphatic heterocycles. The van der Waals surface area contributed by atoms with Crippen molar-refractivity contribution in [3.8, 4) is 0 Å². The van der Waals surface area contributed by atoms with Crippen molar-refractivity contribution in [3.63, 3.8) is 0 Å². The van der Waals surface area contributed by atoms with Gasteiger partial charge in [0.2, 0.25) is 0 Å². The molecule has 0 bridgehead atoms. The van der Waals surface area contributed by atoms with Gasteiger partial charge in [-0.2, -0.15) is 0 Å². The average molecular weight is 128 g/mol. The monoisotopic (exact) mass is 128 g/mol. The maximum absolute atomic E-state index is 10.4. The topological polar surface area (TPSA) is 37.3 Å². The molecule has 0 aromatic carbocycles. The second-order valence-electron chi connectivity index (χ2n) is 3.43. The molecule has 0 aromatic rings. The first-order valence-corrected chi connectivity index (χ1v) is 3.20. The second kappa shape index (κ2) is 1.49. The van der Waals surface area contributed by atoms with E-state index in [1.165, 1.54) is 0 Å². The van der Waals surface area contributed by atoms with Crippen LogP contribution in [0.5, 0.6) is 0 Å². The van der Waals surface area contributed by atoms with Crippen LogP contribution in [0, 0.1) is 17.3 Å². The van der Waals surface area contributed by atoms with Crippen LogP contribution >= 0.6 is 0 Å². The van der Waals surface area contributed by atoms with Crippen LogP contribution in [0.1, 0.15) is 20.8 Å². The summed E-state index contributed by atoms with van der Waals surface area (Å²) in [4.78, 5) is 10.4. The molecule has 2 atom stereocenters. The molecular formula is C7H12O2. The Hall–Kier alpha value is -0.530. The Morgan fingerprint density at radius 3 is 1.89 bits per heavy atom. The zero-order chi connectivity index (χ0) is 7.23. The first-order chi connectivity index (χ1) is 3.98. The number of carboxylic acids is 1. The van der Waals surface area contributed by atoms with Crippen LogP contribution in [-0.2, 0) is 4.79 Å². The van der Waals surface area contributed by atoms with Gasteiger partial charge in [-0.3, -0.25) is 4.79 Å². The lowest BCUT2D eigenvalue weighted by Gasteiger charge is -1.95. The molecule has 1 fully saturated rings. The van der Waals surface area contributed by atoms with Gasteiger partial charge >= 0.3 is 5.97 Å². The van der Waals surface area contributed by atoms with Gasteiger partial charge in [-0.25, -0.2) is 0 Å². The lowest BCUT2D eigenvalue weighted by Crippen LogP contribution is -2.02. The van der Waals surface area contributed by atoms with Crippen LogP contribution in [0.15, 0.2) is 0 Å². The number of carbonyl (C=O) groups is 1. The molecule has 0 heterocycles. The van der Waals surface area contributed by atoms with Crippen molar-refractivity contribution in [1.29, 1.82) is 0 Å². The minimum Gasteiger partial charge on any atom is -0.481 e. The number of rotatable bonds is 1.